The summed E-state index contributed by atoms with van der Waals surface area (Å²) in [6.07, 6.45) is 5.77. The Kier molecular flexibility index (Phi) is 8.76. The maximum absolute atomic E-state index is 13.0. The zero-order valence-electron chi connectivity index (χ0n) is 20.7. The normalized spacial score (nSPS) is 14.0. The van der Waals surface area contributed by atoms with E-state index in [1.165, 1.54) is 0 Å². The van der Waals surface area contributed by atoms with E-state index in [1.807, 2.05) is 84.9 Å². The number of hydrogen-bond donors (Lipinski definition) is 2. The molecule has 0 unspecified atom stereocenters. The lowest BCUT2D eigenvalue weighted by Gasteiger charge is -2.34. The van der Waals surface area contributed by atoms with Gasteiger partial charge < -0.3 is 20.3 Å². The molecule has 0 radical (unpaired) electrons. The number of para-hydroxylation sites is 2. The van der Waals surface area contributed by atoms with E-state index in [9.17, 15) is 9.59 Å². The summed E-state index contributed by atoms with van der Waals surface area (Å²) >= 11 is 0. The van der Waals surface area contributed by atoms with E-state index >= 15 is 0 Å². The summed E-state index contributed by atoms with van der Waals surface area (Å²) in [4.78, 5) is 27.6. The Morgan fingerprint density at radius 2 is 1.64 bits per heavy atom. The topological polar surface area (TPSA) is 70.7 Å². The summed E-state index contributed by atoms with van der Waals surface area (Å²) < 4.78 is 5.40. The van der Waals surface area contributed by atoms with Gasteiger partial charge in [0.25, 0.3) is 5.91 Å². The quantitative estimate of drug-likeness (QED) is 0.441. The standard InChI is InChI=1S/C30H33N3O3/c1-36-28-14-8-5-11-24(28)17-20-31-30(35)26-12-6-7-13-27(26)33-21-18-25(19-22-33)32-29(34)16-15-23-9-3-2-4-10-23/h2-16,25H,17-22H2,1H3,(H,31,35)(H,32,34)/b16-15+. The van der Waals surface area contributed by atoms with Gasteiger partial charge in [-0.3, -0.25) is 9.59 Å². The van der Waals surface area contributed by atoms with Crippen LogP contribution in [0.25, 0.3) is 6.08 Å². The highest BCUT2D eigenvalue weighted by Gasteiger charge is 2.23. The van der Waals surface area contributed by atoms with Crippen LogP contribution in [-0.2, 0) is 11.2 Å². The van der Waals surface area contributed by atoms with E-state index in [1.54, 1.807) is 13.2 Å². The van der Waals surface area contributed by atoms with Crippen molar-refractivity contribution in [3.8, 4) is 5.75 Å². The minimum atomic E-state index is -0.0815. The van der Waals surface area contributed by atoms with Crippen molar-refractivity contribution in [3.63, 3.8) is 0 Å². The van der Waals surface area contributed by atoms with Crippen LogP contribution in [0, 0.1) is 0 Å². The van der Waals surface area contributed by atoms with Crippen molar-refractivity contribution < 1.29 is 14.3 Å². The van der Waals surface area contributed by atoms with Crippen LogP contribution >= 0.6 is 0 Å². The van der Waals surface area contributed by atoms with Crippen molar-refractivity contribution in [2.45, 2.75) is 25.3 Å². The number of rotatable bonds is 9. The smallest absolute Gasteiger partial charge is 0.253 e. The molecule has 2 amide bonds. The van der Waals surface area contributed by atoms with Crippen LogP contribution in [-0.4, -0.2) is 44.6 Å². The fourth-order valence-electron chi connectivity index (χ4n) is 4.51. The molecule has 0 aliphatic carbocycles. The summed E-state index contributed by atoms with van der Waals surface area (Å²) in [5.74, 6) is 0.673. The van der Waals surface area contributed by atoms with Crippen LogP contribution in [0.4, 0.5) is 5.69 Å². The van der Waals surface area contributed by atoms with Crippen molar-refractivity contribution in [2.24, 2.45) is 0 Å². The van der Waals surface area contributed by atoms with E-state index in [2.05, 4.69) is 15.5 Å². The number of piperidine rings is 1. The number of methoxy groups -OCH3 is 1. The van der Waals surface area contributed by atoms with Gasteiger partial charge in [-0.15, -0.1) is 0 Å². The molecule has 3 aromatic carbocycles. The molecule has 0 spiro atoms. The molecule has 1 saturated heterocycles. The van der Waals surface area contributed by atoms with E-state index in [-0.39, 0.29) is 17.9 Å². The predicted molar refractivity (Wildman–Crippen MR) is 144 cm³/mol. The molecular formula is C30H33N3O3. The maximum atomic E-state index is 13.0. The van der Waals surface area contributed by atoms with E-state index in [4.69, 9.17) is 4.74 Å². The Bertz CT molecular complexity index is 1180. The lowest BCUT2D eigenvalue weighted by molar-refractivity contribution is -0.117. The van der Waals surface area contributed by atoms with Crippen LogP contribution in [0.3, 0.4) is 0 Å². The molecule has 2 N–H and O–H groups in total. The molecule has 6 nitrogen and oxygen atoms in total. The van der Waals surface area contributed by atoms with Crippen molar-refractivity contribution in [3.05, 3.63) is 102 Å². The zero-order valence-corrected chi connectivity index (χ0v) is 20.7. The number of carbonyl (C=O) groups is 2. The summed E-state index contributed by atoms with van der Waals surface area (Å²) in [5, 5.41) is 6.16. The lowest BCUT2D eigenvalue weighted by atomic mass is 10.0. The predicted octanol–water partition coefficient (Wildman–Crippen LogP) is 4.47. The van der Waals surface area contributed by atoms with Gasteiger partial charge in [-0.25, -0.2) is 0 Å². The van der Waals surface area contributed by atoms with Crippen molar-refractivity contribution in [2.75, 3.05) is 31.6 Å². The first-order valence-electron chi connectivity index (χ1n) is 12.4. The molecule has 1 aliphatic rings. The first-order valence-corrected chi connectivity index (χ1v) is 12.4. The van der Waals surface area contributed by atoms with Crippen LogP contribution in [0.2, 0.25) is 0 Å². The number of nitrogens with one attached hydrogen (secondary N) is 2. The van der Waals surface area contributed by atoms with Gasteiger partial charge in [0.1, 0.15) is 5.75 Å². The summed E-state index contributed by atoms with van der Waals surface area (Å²) in [5.41, 5.74) is 3.67. The second kappa shape index (κ2) is 12.6. The lowest BCUT2D eigenvalue weighted by Crippen LogP contribution is -2.44. The number of ether oxygens (including phenoxy) is 1. The molecule has 6 heteroatoms. The molecule has 1 fully saturated rings. The second-order valence-electron chi connectivity index (χ2n) is 8.85. The van der Waals surface area contributed by atoms with E-state index in [0.29, 0.717) is 18.5 Å². The minimum absolute atomic E-state index is 0.0767. The van der Waals surface area contributed by atoms with E-state index < -0.39 is 0 Å². The van der Waals surface area contributed by atoms with Gasteiger partial charge in [-0.1, -0.05) is 60.7 Å². The molecule has 0 bridgehead atoms. The Morgan fingerprint density at radius 3 is 2.42 bits per heavy atom. The number of carbonyl (C=O) groups excluding carboxylic acids is 2. The summed E-state index contributed by atoms with van der Waals surface area (Å²) in [6, 6.07) is 25.5. The first-order chi connectivity index (χ1) is 17.6. The summed E-state index contributed by atoms with van der Waals surface area (Å²) in [6.45, 7) is 2.08. The monoisotopic (exact) mass is 483 g/mol. The van der Waals surface area contributed by atoms with Crippen molar-refractivity contribution in [1.82, 2.24) is 10.6 Å². The Balaban J connectivity index is 1.29. The second-order valence-corrected chi connectivity index (χ2v) is 8.85. The molecule has 36 heavy (non-hydrogen) atoms. The third-order valence-electron chi connectivity index (χ3n) is 6.43. The molecule has 0 saturated carbocycles. The van der Waals surface area contributed by atoms with Crippen LogP contribution in [0.5, 0.6) is 5.75 Å². The van der Waals surface area contributed by atoms with Gasteiger partial charge in [-0.05, 0) is 54.7 Å². The van der Waals surface area contributed by atoms with Crippen molar-refractivity contribution in [1.29, 1.82) is 0 Å². The van der Waals surface area contributed by atoms with Crippen LogP contribution in [0.15, 0.2) is 84.9 Å². The largest absolute Gasteiger partial charge is 0.496 e. The number of hydrogen-bond acceptors (Lipinski definition) is 4. The third-order valence-corrected chi connectivity index (χ3v) is 6.43. The highest BCUT2D eigenvalue weighted by atomic mass is 16.5. The number of amides is 2. The number of benzene rings is 3. The highest BCUT2D eigenvalue weighted by molar-refractivity contribution is 5.99. The highest BCUT2D eigenvalue weighted by Crippen LogP contribution is 2.24. The van der Waals surface area contributed by atoms with Gasteiger partial charge in [0, 0.05) is 37.4 Å². The fourth-order valence-corrected chi connectivity index (χ4v) is 4.51. The Labute approximate surface area is 213 Å². The van der Waals surface area contributed by atoms with Gasteiger partial charge >= 0.3 is 0 Å². The van der Waals surface area contributed by atoms with Gasteiger partial charge in [0.15, 0.2) is 0 Å². The molecule has 0 aromatic heterocycles. The Hall–Kier alpha value is -4.06. The summed E-state index contributed by atoms with van der Waals surface area (Å²) in [7, 11) is 1.66. The maximum Gasteiger partial charge on any atom is 0.253 e. The molecule has 4 rings (SSSR count). The molecule has 186 valence electrons. The van der Waals surface area contributed by atoms with Crippen LogP contribution < -0.4 is 20.3 Å². The molecule has 3 aromatic rings. The third kappa shape index (κ3) is 6.75. The molecule has 0 atom stereocenters. The van der Waals surface area contributed by atoms with Gasteiger partial charge in [0.05, 0.1) is 12.7 Å². The number of anilines is 1. The first kappa shape index (κ1) is 25.0. The van der Waals surface area contributed by atoms with Gasteiger partial charge in [0.2, 0.25) is 5.91 Å². The zero-order chi connectivity index (χ0) is 25.2. The Morgan fingerprint density at radius 1 is 0.944 bits per heavy atom. The van der Waals surface area contributed by atoms with Crippen LogP contribution in [0.1, 0.15) is 34.3 Å². The SMILES string of the molecule is COc1ccccc1CCNC(=O)c1ccccc1N1CCC(NC(=O)/C=C/c2ccccc2)CC1. The van der Waals surface area contributed by atoms with E-state index in [0.717, 1.165) is 48.5 Å². The van der Waals surface area contributed by atoms with Crippen molar-refractivity contribution >= 4 is 23.6 Å². The van der Waals surface area contributed by atoms with Gasteiger partial charge in [-0.2, -0.15) is 0 Å². The fraction of sp³-hybridized carbons (Fsp3) is 0.267. The molecule has 1 aliphatic heterocycles. The molecule has 1 heterocycles. The number of nitrogens with zero attached hydrogens (tertiary/aromatic N) is 1. The minimum Gasteiger partial charge on any atom is -0.496 e. The average Bonchev–Trinajstić information content (AvgIpc) is 2.93. The average molecular weight is 484 g/mol. The molecular weight excluding hydrogens is 450 g/mol.